The van der Waals surface area contributed by atoms with Crippen molar-refractivity contribution in [2.24, 2.45) is 0 Å². The van der Waals surface area contributed by atoms with E-state index in [9.17, 15) is 14.7 Å². The lowest BCUT2D eigenvalue weighted by Gasteiger charge is -2.32. The van der Waals surface area contributed by atoms with Crippen LogP contribution in [-0.2, 0) is 14.3 Å². The summed E-state index contributed by atoms with van der Waals surface area (Å²) in [6.07, 6.45) is 5.46. The number of nitrogens with one attached hydrogen (secondary N) is 1. The number of alkyl halides is 1. The maximum absolute atomic E-state index is 12.5. The monoisotopic (exact) mass is 373 g/mol. The second-order valence-corrected chi connectivity index (χ2v) is 6.93. The first kappa shape index (κ1) is 18.4. The van der Waals surface area contributed by atoms with Crippen molar-refractivity contribution in [3.63, 3.8) is 0 Å². The van der Waals surface area contributed by atoms with Gasteiger partial charge in [-0.2, -0.15) is 0 Å². The van der Waals surface area contributed by atoms with Gasteiger partial charge in [-0.25, -0.2) is 4.79 Å². The third-order valence-electron chi connectivity index (χ3n) is 4.70. The van der Waals surface area contributed by atoms with E-state index in [1.54, 1.807) is 6.08 Å². The molecular weight excluding hydrogens is 354 g/mol. The molecule has 0 aliphatic heterocycles. The molecule has 0 heterocycles. The van der Waals surface area contributed by atoms with E-state index in [1.807, 2.05) is 36.4 Å². The molecule has 0 saturated heterocycles. The van der Waals surface area contributed by atoms with E-state index in [4.69, 9.17) is 16.3 Å². The van der Waals surface area contributed by atoms with Crippen LogP contribution in [0.15, 0.2) is 59.3 Å². The third kappa shape index (κ3) is 3.59. The molecule has 6 heteroatoms. The highest BCUT2D eigenvalue weighted by atomic mass is 35.5. The lowest BCUT2D eigenvalue weighted by Crippen LogP contribution is -2.34. The second kappa shape index (κ2) is 7.48. The van der Waals surface area contributed by atoms with Crippen LogP contribution >= 0.6 is 11.6 Å². The number of hydrogen-bond donors (Lipinski definition) is 2. The molecule has 136 valence electrons. The van der Waals surface area contributed by atoms with Crippen LogP contribution in [-0.4, -0.2) is 29.2 Å². The maximum Gasteiger partial charge on any atom is 0.332 e. The summed E-state index contributed by atoms with van der Waals surface area (Å²) in [5, 5.41) is 10.9. The molecule has 0 bridgehead atoms. The summed E-state index contributed by atoms with van der Waals surface area (Å²) in [7, 11) is 1.52. The zero-order valence-corrected chi connectivity index (χ0v) is 15.2. The predicted molar refractivity (Wildman–Crippen MR) is 99.4 cm³/mol. The molecule has 1 atom stereocenters. The molecule has 5 nitrogen and oxygen atoms in total. The summed E-state index contributed by atoms with van der Waals surface area (Å²) < 4.78 is 5.54. The molecule has 0 radical (unpaired) electrons. The molecule has 1 aromatic rings. The molecule has 3 rings (SSSR count). The standard InChI is InChI=1S/C20H20ClNO4/c1-26-20(21)12-14(10-11-17(20)13-6-3-2-4-7-13)22-18(23)15-8-5-9-16(15)19(24)25/h2-4,6-7,10-11H,5,8-9,12H2,1H3,(H,22,23)(H,24,25). The van der Waals surface area contributed by atoms with Gasteiger partial charge in [0.15, 0.2) is 5.06 Å². The fourth-order valence-electron chi connectivity index (χ4n) is 3.36. The van der Waals surface area contributed by atoms with E-state index in [2.05, 4.69) is 5.32 Å². The van der Waals surface area contributed by atoms with Crippen LogP contribution in [0, 0.1) is 0 Å². The molecule has 2 aliphatic carbocycles. The number of ether oxygens (including phenoxy) is 1. The highest BCUT2D eigenvalue weighted by molar-refractivity contribution is 6.29. The zero-order chi connectivity index (χ0) is 18.7. The van der Waals surface area contributed by atoms with Crippen LogP contribution in [0.3, 0.4) is 0 Å². The van der Waals surface area contributed by atoms with Crippen molar-refractivity contribution >= 4 is 29.1 Å². The summed E-state index contributed by atoms with van der Waals surface area (Å²) in [4.78, 5) is 23.8. The number of carbonyl (C=O) groups excluding carboxylic acids is 1. The highest BCUT2D eigenvalue weighted by Crippen LogP contribution is 2.41. The van der Waals surface area contributed by atoms with Gasteiger partial charge in [-0.15, -0.1) is 0 Å². The Hall–Kier alpha value is -2.37. The first-order valence-electron chi connectivity index (χ1n) is 8.42. The summed E-state index contributed by atoms with van der Waals surface area (Å²) >= 11 is 6.69. The number of carboxylic acids is 1. The van der Waals surface area contributed by atoms with Gasteiger partial charge < -0.3 is 15.2 Å². The fraction of sp³-hybridized carbons (Fsp3) is 0.300. The predicted octanol–water partition coefficient (Wildman–Crippen LogP) is 3.62. The van der Waals surface area contributed by atoms with Crippen LogP contribution in [0.25, 0.3) is 5.57 Å². The van der Waals surface area contributed by atoms with Crippen LogP contribution in [0.1, 0.15) is 31.2 Å². The number of amides is 1. The molecule has 1 unspecified atom stereocenters. The highest BCUT2D eigenvalue weighted by Gasteiger charge is 2.36. The number of rotatable bonds is 5. The van der Waals surface area contributed by atoms with Gasteiger partial charge in [0, 0.05) is 35.9 Å². The lowest BCUT2D eigenvalue weighted by molar-refractivity contribution is -0.133. The summed E-state index contributed by atoms with van der Waals surface area (Å²) in [6, 6.07) is 9.66. The Morgan fingerprint density at radius 3 is 2.50 bits per heavy atom. The molecule has 1 aromatic carbocycles. The normalized spacial score (nSPS) is 22.7. The lowest BCUT2D eigenvalue weighted by atomic mass is 9.92. The maximum atomic E-state index is 12.5. The number of aliphatic carboxylic acids is 1. The molecule has 0 spiro atoms. The molecule has 2 N–H and O–H groups in total. The van der Waals surface area contributed by atoms with Crippen molar-refractivity contribution in [1.82, 2.24) is 5.32 Å². The Balaban J connectivity index is 1.85. The summed E-state index contributed by atoms with van der Waals surface area (Å²) in [5.41, 5.74) is 2.89. The van der Waals surface area contributed by atoms with Gasteiger partial charge in [-0.3, -0.25) is 4.79 Å². The Morgan fingerprint density at radius 2 is 1.85 bits per heavy atom. The van der Waals surface area contributed by atoms with E-state index >= 15 is 0 Å². The van der Waals surface area contributed by atoms with Crippen LogP contribution in [0.5, 0.6) is 0 Å². The minimum Gasteiger partial charge on any atom is -0.478 e. The van der Waals surface area contributed by atoms with E-state index in [-0.39, 0.29) is 17.9 Å². The number of methoxy groups -OCH3 is 1. The summed E-state index contributed by atoms with van der Waals surface area (Å²) in [6.45, 7) is 0. The second-order valence-electron chi connectivity index (χ2n) is 6.32. The average Bonchev–Trinajstić information content (AvgIpc) is 3.13. The molecule has 0 fully saturated rings. The van der Waals surface area contributed by atoms with Gasteiger partial charge in [0.2, 0.25) is 0 Å². The zero-order valence-electron chi connectivity index (χ0n) is 14.4. The largest absolute Gasteiger partial charge is 0.478 e. The molecule has 0 aromatic heterocycles. The number of benzene rings is 1. The summed E-state index contributed by atoms with van der Waals surface area (Å²) in [5.74, 6) is -1.40. The van der Waals surface area contributed by atoms with E-state index in [1.165, 1.54) is 7.11 Å². The van der Waals surface area contributed by atoms with E-state index < -0.39 is 11.0 Å². The van der Waals surface area contributed by atoms with E-state index in [0.29, 0.717) is 30.5 Å². The van der Waals surface area contributed by atoms with Crippen LogP contribution < -0.4 is 5.32 Å². The van der Waals surface area contributed by atoms with Gasteiger partial charge in [-0.1, -0.05) is 48.0 Å². The van der Waals surface area contributed by atoms with Gasteiger partial charge >= 0.3 is 5.97 Å². The first-order valence-corrected chi connectivity index (χ1v) is 8.80. The SMILES string of the molecule is COC1(Cl)CC(NC(=O)C2=C(C(=O)O)CCC2)=CC=C1c1ccccc1. The Bertz CT molecular complexity index is 825. The van der Waals surface area contributed by atoms with Crippen LogP contribution in [0.2, 0.25) is 0 Å². The van der Waals surface area contributed by atoms with E-state index in [0.717, 1.165) is 11.1 Å². The molecule has 26 heavy (non-hydrogen) atoms. The van der Waals surface area contributed by atoms with Gasteiger partial charge in [-0.05, 0) is 30.9 Å². The van der Waals surface area contributed by atoms with Crippen molar-refractivity contribution in [3.8, 4) is 0 Å². The Kier molecular flexibility index (Phi) is 5.30. The molecule has 2 aliphatic rings. The Morgan fingerprint density at radius 1 is 1.15 bits per heavy atom. The number of halogens is 1. The fourth-order valence-corrected chi connectivity index (χ4v) is 3.67. The third-order valence-corrected chi connectivity index (χ3v) is 5.20. The van der Waals surface area contributed by atoms with Gasteiger partial charge in [0.05, 0.1) is 0 Å². The molecular formula is C20H20ClNO4. The van der Waals surface area contributed by atoms with Crippen molar-refractivity contribution < 1.29 is 19.4 Å². The van der Waals surface area contributed by atoms with Gasteiger partial charge in [0.25, 0.3) is 5.91 Å². The van der Waals surface area contributed by atoms with Crippen molar-refractivity contribution in [1.29, 1.82) is 0 Å². The molecule has 0 saturated carbocycles. The number of carboxylic acid groups (broad SMARTS) is 1. The Labute approximate surface area is 157 Å². The minimum atomic E-state index is -1.10. The first-order chi connectivity index (χ1) is 12.4. The van der Waals surface area contributed by atoms with Crippen molar-refractivity contribution in [3.05, 3.63) is 64.9 Å². The minimum absolute atomic E-state index is 0.198. The number of carbonyl (C=O) groups is 2. The average molecular weight is 374 g/mol. The number of allylic oxidation sites excluding steroid dienone is 2. The van der Waals surface area contributed by atoms with Crippen LogP contribution in [0.4, 0.5) is 0 Å². The quantitative estimate of drug-likeness (QED) is 0.773. The van der Waals surface area contributed by atoms with Crippen molar-refractivity contribution in [2.75, 3.05) is 7.11 Å². The topological polar surface area (TPSA) is 75.6 Å². The molecule has 1 amide bonds. The van der Waals surface area contributed by atoms with Gasteiger partial charge in [0.1, 0.15) is 0 Å². The smallest absolute Gasteiger partial charge is 0.332 e. The number of hydrogen-bond acceptors (Lipinski definition) is 3. The van der Waals surface area contributed by atoms with Crippen molar-refractivity contribution in [2.45, 2.75) is 30.7 Å².